The van der Waals surface area contributed by atoms with Gasteiger partial charge in [-0.2, -0.15) is 0 Å². The molecule has 7 nitrogen and oxygen atoms in total. The van der Waals surface area contributed by atoms with Crippen molar-refractivity contribution >= 4 is 26.6 Å². The number of rotatable bonds is 7. The van der Waals surface area contributed by atoms with Crippen LogP contribution in [0.15, 0.2) is 65.6 Å². The number of ether oxygens (including phenoxy) is 2. The van der Waals surface area contributed by atoms with Gasteiger partial charge < -0.3 is 14.0 Å². The normalized spacial score (nSPS) is 11.5. The molecular weight excluding hydrogens is 471 g/mol. The highest BCUT2D eigenvalue weighted by Crippen LogP contribution is 2.36. The molecule has 1 aromatic heterocycles. The number of sulfonamides is 1. The predicted molar refractivity (Wildman–Crippen MR) is 135 cm³/mol. The van der Waals surface area contributed by atoms with E-state index >= 15 is 0 Å². The van der Waals surface area contributed by atoms with Gasteiger partial charge >= 0.3 is 0 Å². The van der Waals surface area contributed by atoms with Crippen LogP contribution in [0, 0.1) is 19.7 Å². The third-order valence-corrected chi connectivity index (χ3v) is 6.91. The highest BCUT2D eigenvalue weighted by Gasteiger charge is 2.18. The van der Waals surface area contributed by atoms with Gasteiger partial charge in [0.15, 0.2) is 11.5 Å². The lowest BCUT2D eigenvalue weighted by molar-refractivity contribution is 0.408. The molecule has 1 N–H and O–H groups in total. The molecule has 35 heavy (non-hydrogen) atoms. The highest BCUT2D eigenvalue weighted by molar-refractivity contribution is 7.92. The maximum absolute atomic E-state index is 13.9. The third kappa shape index (κ3) is 4.85. The molecule has 0 spiro atoms. The van der Waals surface area contributed by atoms with E-state index in [0.717, 1.165) is 0 Å². The molecule has 0 amide bonds. The molecule has 4 aromatic rings. The number of hydrogen-bond acceptors (Lipinski definition) is 5. The fourth-order valence-electron chi connectivity index (χ4n) is 3.87. The van der Waals surface area contributed by atoms with Crippen LogP contribution in [0.2, 0.25) is 0 Å². The van der Waals surface area contributed by atoms with Crippen LogP contribution in [0.4, 0.5) is 10.1 Å². The second kappa shape index (κ2) is 9.42. The van der Waals surface area contributed by atoms with E-state index in [2.05, 4.69) is 4.72 Å². The van der Waals surface area contributed by atoms with Gasteiger partial charge in [-0.05, 0) is 74.4 Å². The molecule has 3 aromatic carbocycles. The summed E-state index contributed by atoms with van der Waals surface area (Å²) in [6.45, 7) is 5.03. The number of nitrogens with one attached hydrogen (secondary N) is 1. The first kappa shape index (κ1) is 24.3. The first-order valence-corrected chi connectivity index (χ1v) is 12.6. The smallest absolute Gasteiger partial charge is 0.232 e. The minimum Gasteiger partial charge on any atom is -0.491 e. The molecule has 0 aliphatic rings. The number of para-hydroxylation sites is 1. The Kier molecular flexibility index (Phi) is 6.53. The number of halogens is 1. The van der Waals surface area contributed by atoms with Crippen molar-refractivity contribution < 1.29 is 22.3 Å². The minimum atomic E-state index is -3.54. The summed E-state index contributed by atoms with van der Waals surface area (Å²) in [6.07, 6.45) is 1.54. The molecular formula is C26H25FN2O5S. The third-order valence-electron chi connectivity index (χ3n) is 5.61. The van der Waals surface area contributed by atoms with Gasteiger partial charge in [-0.1, -0.05) is 12.1 Å². The zero-order valence-electron chi connectivity index (χ0n) is 19.8. The summed E-state index contributed by atoms with van der Waals surface area (Å²) < 4.78 is 54.2. The second-order valence-corrected chi connectivity index (χ2v) is 10.1. The van der Waals surface area contributed by atoms with Crippen molar-refractivity contribution in [1.29, 1.82) is 0 Å². The molecule has 0 bridgehead atoms. The van der Waals surface area contributed by atoms with Crippen molar-refractivity contribution in [3.63, 3.8) is 0 Å². The predicted octanol–water partition coefficient (Wildman–Crippen LogP) is 5.31. The molecule has 0 unspecified atom stereocenters. The average Bonchev–Trinajstić information content (AvgIpc) is 2.82. The number of fused-ring (bicyclic) bond motifs is 1. The number of anilines is 1. The fraction of sp³-hybridized carbons (Fsp3) is 0.192. The van der Waals surface area contributed by atoms with E-state index in [0.29, 0.717) is 44.9 Å². The van der Waals surface area contributed by atoms with Gasteiger partial charge in [0.2, 0.25) is 15.5 Å². The second-order valence-electron chi connectivity index (χ2n) is 8.07. The minimum absolute atomic E-state index is 0.0939. The van der Waals surface area contributed by atoms with E-state index in [1.807, 2.05) is 0 Å². The van der Waals surface area contributed by atoms with Gasteiger partial charge in [0.25, 0.3) is 0 Å². The van der Waals surface area contributed by atoms with Gasteiger partial charge in [-0.3, -0.25) is 9.52 Å². The van der Waals surface area contributed by atoms with E-state index in [-0.39, 0.29) is 22.7 Å². The highest BCUT2D eigenvalue weighted by atomic mass is 32.2. The molecule has 182 valence electrons. The largest absolute Gasteiger partial charge is 0.491 e. The Bertz CT molecular complexity index is 1570. The number of nitrogens with zero attached hydrogens (tertiary/aromatic N) is 1. The molecule has 0 radical (unpaired) electrons. The summed E-state index contributed by atoms with van der Waals surface area (Å²) in [7, 11) is -2.13. The van der Waals surface area contributed by atoms with Crippen LogP contribution < -0.4 is 19.6 Å². The summed E-state index contributed by atoms with van der Waals surface area (Å²) in [5, 5.41) is 0.423. The van der Waals surface area contributed by atoms with Gasteiger partial charge in [-0.25, -0.2) is 12.8 Å². The lowest BCUT2D eigenvalue weighted by Crippen LogP contribution is -2.15. The van der Waals surface area contributed by atoms with E-state index in [1.165, 1.54) is 25.4 Å². The Morgan fingerprint density at radius 1 is 1.00 bits per heavy atom. The van der Waals surface area contributed by atoms with E-state index < -0.39 is 10.0 Å². The Balaban J connectivity index is 1.99. The molecule has 4 rings (SSSR count). The zero-order valence-corrected chi connectivity index (χ0v) is 20.6. The Morgan fingerprint density at radius 2 is 1.69 bits per heavy atom. The van der Waals surface area contributed by atoms with Crippen LogP contribution in [0.1, 0.15) is 18.1 Å². The molecule has 0 atom stereocenters. The Labute approximate surface area is 202 Å². The first-order chi connectivity index (χ1) is 16.6. The first-order valence-electron chi connectivity index (χ1n) is 10.9. The summed E-state index contributed by atoms with van der Waals surface area (Å²) in [6, 6.07) is 14.6. The monoisotopic (exact) mass is 496 g/mol. The zero-order chi connectivity index (χ0) is 25.3. The van der Waals surface area contributed by atoms with Crippen molar-refractivity contribution in [2.45, 2.75) is 20.8 Å². The molecule has 0 saturated carbocycles. The van der Waals surface area contributed by atoms with Crippen molar-refractivity contribution in [2.24, 2.45) is 0 Å². The molecule has 1 heterocycles. The molecule has 0 aliphatic carbocycles. The molecule has 0 saturated heterocycles. The number of hydrogen-bond donors (Lipinski definition) is 1. The van der Waals surface area contributed by atoms with Gasteiger partial charge in [0.05, 0.1) is 36.0 Å². The standard InChI is InChI=1S/C26H25FN2O5S/c1-5-35(31,32)28-19-10-11-23(34-26-16(2)12-18(27)13-17(26)3)22(14-19)29-15-24(33-4)25(30)20-8-6-7-9-21(20)29/h6-15,28H,5H2,1-4H3. The van der Waals surface area contributed by atoms with Crippen molar-refractivity contribution in [2.75, 3.05) is 17.6 Å². The van der Waals surface area contributed by atoms with Crippen molar-refractivity contribution in [3.8, 4) is 22.9 Å². The summed E-state index contributed by atoms with van der Waals surface area (Å²) in [5.74, 6) is 0.505. The Morgan fingerprint density at radius 3 is 2.34 bits per heavy atom. The van der Waals surface area contributed by atoms with Crippen LogP contribution in [-0.4, -0.2) is 25.8 Å². The molecule has 0 fully saturated rings. The number of aryl methyl sites for hydroxylation is 2. The molecule has 9 heteroatoms. The van der Waals surface area contributed by atoms with Crippen molar-refractivity contribution in [1.82, 2.24) is 4.57 Å². The SMILES string of the molecule is CCS(=O)(=O)Nc1ccc(Oc2c(C)cc(F)cc2C)c(-n2cc(OC)c(=O)c3ccccc32)c1. The van der Waals surface area contributed by atoms with Crippen LogP contribution in [-0.2, 0) is 10.0 Å². The van der Waals surface area contributed by atoms with Gasteiger partial charge in [0.1, 0.15) is 11.6 Å². The number of pyridine rings is 1. The number of benzene rings is 3. The van der Waals surface area contributed by atoms with E-state index in [4.69, 9.17) is 9.47 Å². The van der Waals surface area contributed by atoms with E-state index in [1.54, 1.807) is 67.8 Å². The van der Waals surface area contributed by atoms with Gasteiger partial charge in [0, 0.05) is 5.39 Å². The lowest BCUT2D eigenvalue weighted by Gasteiger charge is -2.20. The van der Waals surface area contributed by atoms with E-state index in [9.17, 15) is 17.6 Å². The Hall–Kier alpha value is -3.85. The van der Waals surface area contributed by atoms with Crippen LogP contribution in [0.25, 0.3) is 16.6 Å². The quantitative estimate of drug-likeness (QED) is 0.375. The van der Waals surface area contributed by atoms with Crippen LogP contribution in [0.3, 0.4) is 0 Å². The van der Waals surface area contributed by atoms with Gasteiger partial charge in [-0.15, -0.1) is 0 Å². The maximum atomic E-state index is 13.9. The average molecular weight is 497 g/mol. The fourth-order valence-corrected chi connectivity index (χ4v) is 4.50. The summed E-state index contributed by atoms with van der Waals surface area (Å²) >= 11 is 0. The van der Waals surface area contributed by atoms with Crippen LogP contribution in [0.5, 0.6) is 17.2 Å². The maximum Gasteiger partial charge on any atom is 0.232 e. The number of aromatic nitrogens is 1. The summed E-state index contributed by atoms with van der Waals surface area (Å²) in [4.78, 5) is 12.8. The van der Waals surface area contributed by atoms with Crippen molar-refractivity contribution in [3.05, 3.63) is 88.0 Å². The molecule has 0 aliphatic heterocycles. The topological polar surface area (TPSA) is 86.6 Å². The summed E-state index contributed by atoms with van der Waals surface area (Å²) in [5.41, 5.74) is 2.29. The number of methoxy groups -OCH3 is 1. The lowest BCUT2D eigenvalue weighted by atomic mass is 10.1. The van der Waals surface area contributed by atoms with Crippen LogP contribution >= 0.6 is 0 Å².